The normalized spacial score (nSPS) is 33.3. The van der Waals surface area contributed by atoms with Gasteiger partial charge in [0.25, 0.3) is 0 Å². The Labute approximate surface area is 221 Å². The molecule has 1 heterocycles. The fraction of sp³-hybridized carbons (Fsp3) is 0.645. The van der Waals surface area contributed by atoms with Gasteiger partial charge in [0.1, 0.15) is 0 Å². The van der Waals surface area contributed by atoms with Gasteiger partial charge < -0.3 is 26.2 Å². The molecule has 6 nitrogen and oxygen atoms in total. The van der Waals surface area contributed by atoms with Crippen molar-refractivity contribution in [3.8, 4) is 0 Å². The van der Waals surface area contributed by atoms with E-state index in [1.54, 1.807) is 7.05 Å². The molecular formula is C31H46N4O2. The monoisotopic (exact) mass is 506 g/mol. The van der Waals surface area contributed by atoms with Crippen molar-refractivity contribution >= 4 is 16.9 Å². The van der Waals surface area contributed by atoms with Crippen LogP contribution in [0.3, 0.4) is 0 Å². The van der Waals surface area contributed by atoms with Crippen molar-refractivity contribution in [3.63, 3.8) is 0 Å². The summed E-state index contributed by atoms with van der Waals surface area (Å²) >= 11 is 0. The minimum atomic E-state index is -0.807. The number of nitrogens with two attached hydrogens (primary N) is 1. The number of guanidine groups is 1. The van der Waals surface area contributed by atoms with Crippen LogP contribution in [0.5, 0.6) is 0 Å². The summed E-state index contributed by atoms with van der Waals surface area (Å²) in [5, 5.41) is 28.8. The molecular weight excluding hydrogens is 460 g/mol. The highest BCUT2D eigenvalue weighted by molar-refractivity contribution is 5.80. The molecule has 0 spiro atoms. The number of H-pyrrole nitrogens is 1. The van der Waals surface area contributed by atoms with Crippen molar-refractivity contribution in [2.75, 3.05) is 13.6 Å². The molecule has 202 valence electrons. The first-order chi connectivity index (χ1) is 17.8. The minimum Gasteiger partial charge on any atom is -0.390 e. The summed E-state index contributed by atoms with van der Waals surface area (Å²) in [6.07, 6.45) is 11.7. The summed E-state index contributed by atoms with van der Waals surface area (Å²) in [5.41, 5.74) is 7.93. The standard InChI is InChI=1S/C31H46N4O2/c1-21(18-25-19-23-8-6-7-11-28(23)35-25)22-12-15-31(37,24-9-4-3-5-10-24)26-13-14-30(36,27(26)20-22)16-17-34-29(32)33-2/h6-8,11,19,22,24,26-27,35-37H,1,3-5,9-10,12-18,20H2,2H3,(H3,32,33,34)/t22-,26-,27-,30+,31-/m0/s1. The van der Waals surface area contributed by atoms with Crippen LogP contribution in [-0.4, -0.2) is 46.0 Å². The number of hydrogen-bond acceptors (Lipinski definition) is 3. The van der Waals surface area contributed by atoms with Gasteiger partial charge in [0.2, 0.25) is 0 Å². The molecule has 1 aromatic carbocycles. The molecule has 6 N–H and O–H groups in total. The maximum Gasteiger partial charge on any atom is 0.188 e. The lowest BCUT2D eigenvalue weighted by molar-refractivity contribution is -0.113. The third-order valence-electron chi connectivity index (χ3n) is 10.1. The molecule has 5 atom stereocenters. The number of allylic oxidation sites excluding steroid dienone is 1. The van der Waals surface area contributed by atoms with Gasteiger partial charge in [-0.2, -0.15) is 0 Å². The van der Waals surface area contributed by atoms with Gasteiger partial charge in [0, 0.05) is 31.2 Å². The van der Waals surface area contributed by atoms with Crippen molar-refractivity contribution in [1.29, 1.82) is 0 Å². The summed E-state index contributed by atoms with van der Waals surface area (Å²) in [7, 11) is 1.67. The van der Waals surface area contributed by atoms with Gasteiger partial charge >= 0.3 is 0 Å². The van der Waals surface area contributed by atoms with Crippen LogP contribution in [0.15, 0.2) is 47.5 Å². The van der Waals surface area contributed by atoms with E-state index in [9.17, 15) is 10.2 Å². The van der Waals surface area contributed by atoms with E-state index in [0.717, 1.165) is 56.9 Å². The second-order valence-corrected chi connectivity index (χ2v) is 12.2. The molecule has 0 radical (unpaired) electrons. The molecule has 37 heavy (non-hydrogen) atoms. The fourth-order valence-electron chi connectivity index (χ4n) is 8.06. The lowest BCUT2D eigenvalue weighted by atomic mass is 9.65. The van der Waals surface area contributed by atoms with Gasteiger partial charge in [-0.05, 0) is 92.6 Å². The Morgan fingerprint density at radius 3 is 2.65 bits per heavy atom. The Morgan fingerprint density at radius 1 is 1.11 bits per heavy atom. The maximum atomic E-state index is 12.4. The average molecular weight is 507 g/mol. The molecule has 3 aliphatic rings. The molecule has 3 fully saturated rings. The number of nitrogens with one attached hydrogen (secondary N) is 2. The van der Waals surface area contributed by atoms with Crippen molar-refractivity contribution in [3.05, 3.63) is 48.2 Å². The molecule has 0 amide bonds. The second kappa shape index (κ2) is 10.8. The summed E-state index contributed by atoms with van der Waals surface area (Å²) in [5.74, 6) is 1.24. The maximum absolute atomic E-state index is 12.4. The van der Waals surface area contributed by atoms with Crippen LogP contribution in [-0.2, 0) is 6.42 Å². The third kappa shape index (κ3) is 5.33. The van der Waals surface area contributed by atoms with Crippen LogP contribution < -0.4 is 11.1 Å². The van der Waals surface area contributed by atoms with Gasteiger partial charge in [-0.1, -0.05) is 49.6 Å². The van der Waals surface area contributed by atoms with Crippen molar-refractivity contribution in [2.45, 2.75) is 88.3 Å². The number of rotatable bonds is 7. The predicted molar refractivity (Wildman–Crippen MR) is 151 cm³/mol. The zero-order valence-electron chi connectivity index (χ0n) is 22.5. The number of para-hydroxylation sites is 1. The van der Waals surface area contributed by atoms with Crippen LogP contribution in [0.4, 0.5) is 0 Å². The largest absolute Gasteiger partial charge is 0.390 e. The molecule has 6 heteroatoms. The molecule has 0 saturated heterocycles. The second-order valence-electron chi connectivity index (χ2n) is 12.2. The lowest BCUT2D eigenvalue weighted by Gasteiger charge is -2.45. The quantitative estimate of drug-likeness (QED) is 0.206. The Hall–Kier alpha value is -2.31. The highest BCUT2D eigenvalue weighted by atomic mass is 16.3. The smallest absolute Gasteiger partial charge is 0.188 e. The molecule has 2 aromatic rings. The van der Waals surface area contributed by atoms with Crippen LogP contribution in [0.2, 0.25) is 0 Å². The molecule has 5 rings (SSSR count). The van der Waals surface area contributed by atoms with Crippen molar-refractivity contribution in [2.24, 2.45) is 34.4 Å². The summed E-state index contributed by atoms with van der Waals surface area (Å²) < 4.78 is 0. The van der Waals surface area contributed by atoms with E-state index in [4.69, 9.17) is 5.73 Å². The average Bonchev–Trinajstić information content (AvgIpc) is 3.41. The van der Waals surface area contributed by atoms with Gasteiger partial charge in [-0.15, -0.1) is 0 Å². The van der Waals surface area contributed by atoms with E-state index in [1.807, 2.05) is 0 Å². The number of aromatic nitrogens is 1. The van der Waals surface area contributed by atoms with E-state index >= 15 is 0 Å². The number of hydrogen-bond donors (Lipinski definition) is 5. The van der Waals surface area contributed by atoms with E-state index in [2.05, 4.69) is 52.2 Å². The van der Waals surface area contributed by atoms with Crippen LogP contribution in [0.1, 0.15) is 76.3 Å². The highest BCUT2D eigenvalue weighted by Gasteiger charge is 2.58. The van der Waals surface area contributed by atoms with E-state index in [1.165, 1.54) is 35.9 Å². The number of aliphatic hydroxyl groups is 2. The zero-order chi connectivity index (χ0) is 26.0. The number of benzene rings is 1. The first kappa shape index (κ1) is 26.3. The summed E-state index contributed by atoms with van der Waals surface area (Å²) in [6.45, 7) is 5.16. The highest BCUT2D eigenvalue weighted by Crippen LogP contribution is 2.57. The summed E-state index contributed by atoms with van der Waals surface area (Å²) in [4.78, 5) is 7.56. The summed E-state index contributed by atoms with van der Waals surface area (Å²) in [6, 6.07) is 10.6. The SMILES string of the molecule is C=C(Cc1cc2ccccc2[nH]1)[C@H]1CC[C@](O)(C2CCCCC2)[C@H]2CC[C@@](O)(CCNC(N)=NC)[C@H]2C1. The topological polar surface area (TPSA) is 107 Å². The van der Waals surface area contributed by atoms with Gasteiger partial charge in [-0.25, -0.2) is 0 Å². The number of fused-ring (bicyclic) bond motifs is 2. The van der Waals surface area contributed by atoms with Gasteiger partial charge in [-0.3, -0.25) is 4.99 Å². The Balaban J connectivity index is 1.38. The molecule has 1 aromatic heterocycles. The first-order valence-electron chi connectivity index (χ1n) is 14.5. The Morgan fingerprint density at radius 2 is 1.89 bits per heavy atom. The number of aliphatic imine (C=N–C) groups is 1. The third-order valence-corrected chi connectivity index (χ3v) is 10.1. The van der Waals surface area contributed by atoms with Crippen molar-refractivity contribution < 1.29 is 10.2 Å². The molecule has 0 bridgehead atoms. The predicted octanol–water partition coefficient (Wildman–Crippen LogP) is 5.06. The molecule has 0 aliphatic heterocycles. The number of aromatic amines is 1. The zero-order valence-corrected chi connectivity index (χ0v) is 22.5. The Bertz CT molecular complexity index is 1090. The minimum absolute atomic E-state index is 0.0629. The lowest BCUT2D eigenvalue weighted by Crippen LogP contribution is -2.49. The molecule has 3 aliphatic carbocycles. The van der Waals surface area contributed by atoms with Crippen molar-refractivity contribution in [1.82, 2.24) is 10.3 Å². The van der Waals surface area contributed by atoms with Crippen LogP contribution in [0, 0.1) is 23.7 Å². The Kier molecular flexibility index (Phi) is 7.69. The number of nitrogens with zero attached hydrogens (tertiary/aromatic N) is 1. The van der Waals surface area contributed by atoms with Crippen LogP contribution >= 0.6 is 0 Å². The first-order valence-corrected chi connectivity index (χ1v) is 14.5. The van der Waals surface area contributed by atoms with Gasteiger partial charge in [0.05, 0.1) is 11.2 Å². The molecule has 3 saturated carbocycles. The fourth-order valence-corrected chi connectivity index (χ4v) is 8.06. The van der Waals surface area contributed by atoms with E-state index in [-0.39, 0.29) is 17.8 Å². The molecule has 0 unspecified atom stereocenters. The van der Waals surface area contributed by atoms with Gasteiger partial charge in [0.15, 0.2) is 5.96 Å². The van der Waals surface area contributed by atoms with Crippen LogP contribution in [0.25, 0.3) is 10.9 Å². The van der Waals surface area contributed by atoms with E-state index < -0.39 is 11.2 Å². The van der Waals surface area contributed by atoms with E-state index in [0.29, 0.717) is 24.8 Å².